The van der Waals surface area contributed by atoms with Gasteiger partial charge < -0.3 is 20.3 Å². The highest BCUT2D eigenvalue weighted by molar-refractivity contribution is 5.94. The van der Waals surface area contributed by atoms with Crippen molar-refractivity contribution in [3.05, 3.63) is 23.8 Å². The molecule has 172 valence electrons. The van der Waals surface area contributed by atoms with E-state index in [4.69, 9.17) is 4.74 Å². The SMILES string of the molecule is Cc1ccc(NC(=O)C(C)C)cc1NC(=O)N1CCC(CN2CC(C)OC(C)C2)CC1. The largest absolute Gasteiger partial charge is 0.373 e. The van der Waals surface area contributed by atoms with Crippen molar-refractivity contribution in [3.63, 3.8) is 0 Å². The second kappa shape index (κ2) is 10.5. The topological polar surface area (TPSA) is 73.9 Å². The summed E-state index contributed by atoms with van der Waals surface area (Å²) in [6.45, 7) is 14.6. The fourth-order valence-electron chi connectivity index (χ4n) is 4.43. The monoisotopic (exact) mass is 430 g/mol. The number of rotatable bonds is 5. The van der Waals surface area contributed by atoms with Crippen LogP contribution in [0.5, 0.6) is 0 Å². The lowest BCUT2D eigenvalue weighted by Crippen LogP contribution is -2.49. The van der Waals surface area contributed by atoms with Crippen LogP contribution in [0.25, 0.3) is 0 Å². The van der Waals surface area contributed by atoms with Crippen LogP contribution in [0.2, 0.25) is 0 Å². The Morgan fingerprint density at radius 2 is 1.74 bits per heavy atom. The van der Waals surface area contributed by atoms with E-state index in [1.54, 1.807) is 0 Å². The smallest absolute Gasteiger partial charge is 0.321 e. The van der Waals surface area contributed by atoms with Crippen molar-refractivity contribution in [2.75, 3.05) is 43.4 Å². The number of ether oxygens (including phenoxy) is 1. The van der Waals surface area contributed by atoms with E-state index in [2.05, 4.69) is 29.4 Å². The fraction of sp³-hybridized carbons (Fsp3) is 0.667. The van der Waals surface area contributed by atoms with Crippen LogP contribution < -0.4 is 10.6 Å². The summed E-state index contributed by atoms with van der Waals surface area (Å²) in [7, 11) is 0. The number of hydrogen-bond acceptors (Lipinski definition) is 4. The number of piperidine rings is 1. The van der Waals surface area contributed by atoms with Crippen molar-refractivity contribution in [1.82, 2.24) is 9.80 Å². The zero-order valence-electron chi connectivity index (χ0n) is 19.6. The number of morpholine rings is 1. The van der Waals surface area contributed by atoms with Crippen molar-refractivity contribution in [3.8, 4) is 0 Å². The number of amides is 3. The summed E-state index contributed by atoms with van der Waals surface area (Å²) in [5.41, 5.74) is 2.42. The number of likely N-dealkylation sites (tertiary alicyclic amines) is 1. The van der Waals surface area contributed by atoms with E-state index in [0.717, 1.165) is 56.8 Å². The Labute approximate surface area is 186 Å². The lowest BCUT2D eigenvalue weighted by Gasteiger charge is -2.39. The molecule has 3 rings (SSSR count). The van der Waals surface area contributed by atoms with Gasteiger partial charge in [-0.3, -0.25) is 9.69 Å². The van der Waals surface area contributed by atoms with Crippen molar-refractivity contribution < 1.29 is 14.3 Å². The van der Waals surface area contributed by atoms with Gasteiger partial charge in [-0.1, -0.05) is 19.9 Å². The predicted molar refractivity (Wildman–Crippen MR) is 124 cm³/mol. The van der Waals surface area contributed by atoms with Crippen molar-refractivity contribution in [1.29, 1.82) is 0 Å². The van der Waals surface area contributed by atoms with Crippen molar-refractivity contribution in [2.24, 2.45) is 11.8 Å². The number of nitrogens with zero attached hydrogens (tertiary/aromatic N) is 2. The summed E-state index contributed by atoms with van der Waals surface area (Å²) >= 11 is 0. The molecule has 7 nitrogen and oxygen atoms in total. The third-order valence-electron chi connectivity index (χ3n) is 6.18. The Hall–Kier alpha value is -2.12. The Morgan fingerprint density at radius 3 is 2.35 bits per heavy atom. The molecule has 0 aromatic heterocycles. The van der Waals surface area contributed by atoms with Gasteiger partial charge in [0, 0.05) is 50.0 Å². The third kappa shape index (κ3) is 6.68. The summed E-state index contributed by atoms with van der Waals surface area (Å²) in [4.78, 5) is 29.2. The second-order valence-corrected chi connectivity index (χ2v) is 9.51. The van der Waals surface area contributed by atoms with E-state index in [0.29, 0.717) is 23.8 Å². The molecule has 3 amide bonds. The number of hydrogen-bond donors (Lipinski definition) is 2. The summed E-state index contributed by atoms with van der Waals surface area (Å²) in [5, 5.41) is 5.93. The molecule has 1 aromatic carbocycles. The number of carbonyl (C=O) groups excluding carboxylic acids is 2. The standard InChI is InChI=1S/C24H38N4O3/c1-16(2)23(29)25-21-7-6-17(3)22(12-21)26-24(30)28-10-8-20(9-11-28)15-27-13-18(4)31-19(5)14-27/h6-7,12,16,18-20H,8-11,13-15H2,1-5H3,(H,25,29)(H,26,30). The van der Waals surface area contributed by atoms with E-state index >= 15 is 0 Å². The summed E-state index contributed by atoms with van der Waals surface area (Å²) in [5.74, 6) is 0.495. The van der Waals surface area contributed by atoms with Crippen LogP contribution in [0.15, 0.2) is 18.2 Å². The lowest BCUT2D eigenvalue weighted by molar-refractivity contribution is -0.118. The molecule has 2 saturated heterocycles. The van der Waals surface area contributed by atoms with Crippen LogP contribution >= 0.6 is 0 Å². The molecule has 0 aliphatic carbocycles. The molecule has 2 unspecified atom stereocenters. The third-order valence-corrected chi connectivity index (χ3v) is 6.18. The number of urea groups is 1. The lowest BCUT2D eigenvalue weighted by atomic mass is 9.96. The van der Waals surface area contributed by atoms with Gasteiger partial charge in [0.1, 0.15) is 0 Å². The fourth-order valence-corrected chi connectivity index (χ4v) is 4.43. The van der Waals surface area contributed by atoms with E-state index in [9.17, 15) is 9.59 Å². The van der Waals surface area contributed by atoms with Crippen molar-refractivity contribution >= 4 is 23.3 Å². The molecule has 0 bridgehead atoms. The number of benzene rings is 1. The molecule has 2 fully saturated rings. The molecule has 0 radical (unpaired) electrons. The first-order chi connectivity index (χ1) is 14.7. The molecule has 31 heavy (non-hydrogen) atoms. The minimum absolute atomic E-state index is 0.0349. The first-order valence-electron chi connectivity index (χ1n) is 11.6. The van der Waals surface area contributed by atoms with Gasteiger partial charge in [0.05, 0.1) is 12.2 Å². The van der Waals surface area contributed by atoms with Crippen LogP contribution in [0, 0.1) is 18.8 Å². The molecule has 2 aliphatic rings. The summed E-state index contributed by atoms with van der Waals surface area (Å²) < 4.78 is 5.84. The van der Waals surface area contributed by atoms with E-state index in [-0.39, 0.29) is 17.9 Å². The maximum Gasteiger partial charge on any atom is 0.321 e. The van der Waals surface area contributed by atoms with Gasteiger partial charge in [0.25, 0.3) is 0 Å². The molecule has 0 saturated carbocycles. The highest BCUT2D eigenvalue weighted by Gasteiger charge is 2.28. The van der Waals surface area contributed by atoms with Crippen LogP contribution in [0.3, 0.4) is 0 Å². The Bertz CT molecular complexity index is 764. The second-order valence-electron chi connectivity index (χ2n) is 9.51. The first-order valence-corrected chi connectivity index (χ1v) is 11.6. The quantitative estimate of drug-likeness (QED) is 0.742. The molecule has 2 heterocycles. The molecular formula is C24H38N4O3. The van der Waals surface area contributed by atoms with Crippen LogP contribution in [-0.2, 0) is 9.53 Å². The van der Waals surface area contributed by atoms with Crippen LogP contribution in [0.1, 0.15) is 46.1 Å². The average Bonchev–Trinajstić information content (AvgIpc) is 2.70. The van der Waals surface area contributed by atoms with Gasteiger partial charge in [-0.15, -0.1) is 0 Å². The zero-order valence-corrected chi connectivity index (χ0v) is 19.6. The molecule has 2 atom stereocenters. The van der Waals surface area contributed by atoms with Gasteiger partial charge >= 0.3 is 6.03 Å². The predicted octanol–water partition coefficient (Wildman–Crippen LogP) is 3.94. The van der Waals surface area contributed by atoms with Crippen LogP contribution in [0.4, 0.5) is 16.2 Å². The molecular weight excluding hydrogens is 392 g/mol. The number of anilines is 2. The first kappa shape index (κ1) is 23.5. The number of carbonyl (C=O) groups is 2. The number of aryl methyl sites for hydroxylation is 1. The Kier molecular flexibility index (Phi) is 7.94. The van der Waals surface area contributed by atoms with Gasteiger partial charge in [-0.2, -0.15) is 0 Å². The molecule has 2 aliphatic heterocycles. The molecule has 1 aromatic rings. The Balaban J connectivity index is 1.50. The highest BCUT2D eigenvalue weighted by atomic mass is 16.5. The normalized spacial score (nSPS) is 23.1. The van der Waals surface area contributed by atoms with E-state index < -0.39 is 0 Å². The van der Waals surface area contributed by atoms with Gasteiger partial charge in [-0.25, -0.2) is 4.79 Å². The van der Waals surface area contributed by atoms with Gasteiger partial charge in [0.2, 0.25) is 5.91 Å². The summed E-state index contributed by atoms with van der Waals surface area (Å²) in [6, 6.07) is 5.55. The molecule has 0 spiro atoms. The molecule has 2 N–H and O–H groups in total. The summed E-state index contributed by atoms with van der Waals surface area (Å²) in [6.07, 6.45) is 2.63. The maximum atomic E-state index is 12.8. The van der Waals surface area contributed by atoms with Crippen molar-refractivity contribution in [2.45, 2.75) is 59.7 Å². The molecule has 7 heteroatoms. The van der Waals surface area contributed by atoms with Crippen LogP contribution in [-0.4, -0.2) is 66.7 Å². The minimum Gasteiger partial charge on any atom is -0.373 e. The minimum atomic E-state index is -0.0930. The number of nitrogens with one attached hydrogen (secondary N) is 2. The van der Waals surface area contributed by atoms with E-state index in [1.807, 2.05) is 43.9 Å². The highest BCUT2D eigenvalue weighted by Crippen LogP contribution is 2.24. The van der Waals surface area contributed by atoms with Gasteiger partial charge in [0.15, 0.2) is 0 Å². The zero-order chi connectivity index (χ0) is 22.5. The Morgan fingerprint density at radius 1 is 1.10 bits per heavy atom. The maximum absolute atomic E-state index is 12.8. The average molecular weight is 431 g/mol. The van der Waals surface area contributed by atoms with E-state index in [1.165, 1.54) is 0 Å². The van der Waals surface area contributed by atoms with Gasteiger partial charge in [-0.05, 0) is 57.2 Å².